The average molecular weight is 274 g/mol. The quantitative estimate of drug-likeness (QED) is 0.344. The molecule has 0 heterocycles. The van der Waals surface area contributed by atoms with Crippen molar-refractivity contribution in [3.63, 3.8) is 0 Å². The summed E-state index contributed by atoms with van der Waals surface area (Å²) in [6.07, 6.45) is 0. The topological polar surface area (TPSA) is 55.4 Å². The van der Waals surface area contributed by atoms with Crippen molar-refractivity contribution in [2.75, 3.05) is 0 Å². The predicted octanol–water partition coefficient (Wildman–Crippen LogP) is 3.39. The number of carbonyl (C=O) groups excluding carboxylic acids is 1. The van der Waals surface area contributed by atoms with Gasteiger partial charge in [-0.3, -0.25) is 4.79 Å². The van der Waals surface area contributed by atoms with Gasteiger partial charge in [-0.1, -0.05) is 66.7 Å². The van der Waals surface area contributed by atoms with Gasteiger partial charge in [0, 0.05) is 11.1 Å². The van der Waals surface area contributed by atoms with Crippen molar-refractivity contribution in [3.8, 4) is 0 Å². The largest absolute Gasteiger partial charge is 0.323 e. The van der Waals surface area contributed by atoms with Crippen LogP contribution in [0.25, 0.3) is 10.8 Å². The summed E-state index contributed by atoms with van der Waals surface area (Å²) in [5, 5.41) is 5.80. The number of nitrogens with zero attached hydrogens (tertiary/aromatic N) is 1. The van der Waals surface area contributed by atoms with E-state index < -0.39 is 0 Å². The zero-order valence-corrected chi connectivity index (χ0v) is 11.4. The standard InChI is InChI=1S/C18H14N2O/c19-20-17(14-7-2-1-3-8-14)18(21)16-11-10-13-6-4-5-9-15(13)12-16/h1-12H,19H2/b20-17-. The third-order valence-corrected chi connectivity index (χ3v) is 3.40. The van der Waals surface area contributed by atoms with E-state index in [1.807, 2.05) is 66.7 Å². The number of ketones is 1. The van der Waals surface area contributed by atoms with Gasteiger partial charge in [-0.25, -0.2) is 0 Å². The molecule has 0 saturated carbocycles. The Morgan fingerprint density at radius 2 is 1.43 bits per heavy atom. The number of rotatable bonds is 3. The number of hydrazone groups is 1. The fourth-order valence-corrected chi connectivity index (χ4v) is 2.33. The lowest BCUT2D eigenvalue weighted by Gasteiger charge is -2.06. The lowest BCUT2D eigenvalue weighted by Crippen LogP contribution is -2.17. The molecule has 0 amide bonds. The summed E-state index contributed by atoms with van der Waals surface area (Å²) in [4.78, 5) is 12.6. The number of hydrogen-bond donors (Lipinski definition) is 1. The second kappa shape index (κ2) is 5.59. The van der Waals surface area contributed by atoms with E-state index in [2.05, 4.69) is 5.10 Å². The molecule has 0 aliphatic heterocycles. The van der Waals surface area contributed by atoms with E-state index in [1.165, 1.54) is 0 Å². The molecule has 3 heteroatoms. The number of hydrogen-bond acceptors (Lipinski definition) is 3. The van der Waals surface area contributed by atoms with Gasteiger partial charge < -0.3 is 5.84 Å². The van der Waals surface area contributed by atoms with Gasteiger partial charge in [0.1, 0.15) is 5.71 Å². The van der Waals surface area contributed by atoms with Crippen molar-refractivity contribution in [2.24, 2.45) is 10.9 Å². The van der Waals surface area contributed by atoms with Gasteiger partial charge in [0.2, 0.25) is 5.78 Å². The lowest BCUT2D eigenvalue weighted by molar-refractivity contribution is 0.106. The Kier molecular flexibility index (Phi) is 3.48. The molecule has 3 rings (SSSR count). The number of benzene rings is 3. The highest BCUT2D eigenvalue weighted by atomic mass is 16.1. The molecule has 3 nitrogen and oxygen atoms in total. The van der Waals surface area contributed by atoms with Gasteiger partial charge in [0.25, 0.3) is 0 Å². The van der Waals surface area contributed by atoms with Crippen LogP contribution in [0.3, 0.4) is 0 Å². The van der Waals surface area contributed by atoms with Crippen LogP contribution in [-0.2, 0) is 0 Å². The predicted molar refractivity (Wildman–Crippen MR) is 85.4 cm³/mol. The molecule has 0 aliphatic carbocycles. The van der Waals surface area contributed by atoms with E-state index in [9.17, 15) is 4.79 Å². The Morgan fingerprint density at radius 3 is 2.14 bits per heavy atom. The maximum atomic E-state index is 12.6. The van der Waals surface area contributed by atoms with Crippen LogP contribution < -0.4 is 5.84 Å². The summed E-state index contributed by atoms with van der Waals surface area (Å²) in [6, 6.07) is 22.8. The van der Waals surface area contributed by atoms with Crippen molar-refractivity contribution in [2.45, 2.75) is 0 Å². The zero-order chi connectivity index (χ0) is 14.7. The van der Waals surface area contributed by atoms with E-state index >= 15 is 0 Å². The molecule has 2 N–H and O–H groups in total. The Balaban J connectivity index is 2.03. The summed E-state index contributed by atoms with van der Waals surface area (Å²) in [5.74, 6) is 5.25. The highest BCUT2D eigenvalue weighted by Crippen LogP contribution is 2.17. The Hall–Kier alpha value is -2.94. The van der Waals surface area contributed by atoms with E-state index in [0.717, 1.165) is 16.3 Å². The first-order valence-electron chi connectivity index (χ1n) is 6.66. The molecule has 3 aromatic rings. The van der Waals surface area contributed by atoms with Crippen molar-refractivity contribution >= 4 is 22.3 Å². The Morgan fingerprint density at radius 1 is 0.762 bits per heavy atom. The molecule has 21 heavy (non-hydrogen) atoms. The molecule has 102 valence electrons. The van der Waals surface area contributed by atoms with Crippen LogP contribution in [0.15, 0.2) is 77.9 Å². The van der Waals surface area contributed by atoms with Crippen molar-refractivity contribution < 1.29 is 4.79 Å². The van der Waals surface area contributed by atoms with E-state index in [4.69, 9.17) is 5.84 Å². The van der Waals surface area contributed by atoms with Crippen molar-refractivity contribution in [3.05, 3.63) is 83.9 Å². The minimum absolute atomic E-state index is 0.172. The summed E-state index contributed by atoms with van der Waals surface area (Å²) in [7, 11) is 0. The Labute approximate surface area is 122 Å². The number of carbonyl (C=O) groups is 1. The SMILES string of the molecule is N/N=C(\C(=O)c1ccc2ccccc2c1)c1ccccc1. The second-order valence-corrected chi connectivity index (χ2v) is 4.73. The van der Waals surface area contributed by atoms with Gasteiger partial charge in [0.05, 0.1) is 0 Å². The molecule has 0 atom stereocenters. The summed E-state index contributed by atoms with van der Waals surface area (Å²) < 4.78 is 0. The zero-order valence-electron chi connectivity index (χ0n) is 11.4. The number of fused-ring (bicyclic) bond motifs is 1. The minimum atomic E-state index is -0.172. The van der Waals surface area contributed by atoms with Crippen molar-refractivity contribution in [1.29, 1.82) is 0 Å². The molecule has 0 radical (unpaired) electrons. The molecule has 0 spiro atoms. The third kappa shape index (κ3) is 2.54. The van der Waals surface area contributed by atoms with Gasteiger partial charge in [-0.2, -0.15) is 5.10 Å². The fraction of sp³-hybridized carbons (Fsp3) is 0. The summed E-state index contributed by atoms with van der Waals surface area (Å²) in [5.41, 5.74) is 1.57. The van der Waals surface area contributed by atoms with E-state index in [0.29, 0.717) is 5.56 Å². The molecule has 0 fully saturated rings. The molecule has 0 aromatic heterocycles. The minimum Gasteiger partial charge on any atom is -0.323 e. The van der Waals surface area contributed by atoms with Crippen LogP contribution in [0, 0.1) is 0 Å². The molecular weight excluding hydrogens is 260 g/mol. The number of Topliss-reactive ketones (excluding diaryl/α,β-unsaturated/α-hetero) is 1. The monoisotopic (exact) mass is 274 g/mol. The van der Waals surface area contributed by atoms with Gasteiger partial charge in [0.15, 0.2) is 0 Å². The lowest BCUT2D eigenvalue weighted by atomic mass is 9.98. The average Bonchev–Trinajstić information content (AvgIpc) is 2.56. The maximum Gasteiger partial charge on any atom is 0.213 e. The second-order valence-electron chi connectivity index (χ2n) is 4.73. The maximum absolute atomic E-state index is 12.6. The summed E-state index contributed by atoms with van der Waals surface area (Å²) in [6.45, 7) is 0. The summed E-state index contributed by atoms with van der Waals surface area (Å²) >= 11 is 0. The Bertz CT molecular complexity index is 823. The molecule has 0 aliphatic rings. The normalized spacial score (nSPS) is 11.5. The van der Waals surface area contributed by atoms with Gasteiger partial charge in [-0.05, 0) is 16.8 Å². The third-order valence-electron chi connectivity index (χ3n) is 3.40. The highest BCUT2D eigenvalue weighted by molar-refractivity contribution is 6.51. The molecular formula is C18H14N2O. The van der Waals surface area contributed by atoms with Crippen LogP contribution in [0.2, 0.25) is 0 Å². The van der Waals surface area contributed by atoms with Gasteiger partial charge >= 0.3 is 0 Å². The molecule has 0 saturated heterocycles. The first-order chi connectivity index (χ1) is 10.3. The van der Waals surface area contributed by atoms with E-state index in [-0.39, 0.29) is 11.5 Å². The molecule has 0 unspecified atom stereocenters. The van der Waals surface area contributed by atoms with Gasteiger partial charge in [-0.15, -0.1) is 0 Å². The fourth-order valence-electron chi connectivity index (χ4n) is 2.33. The molecule has 0 bridgehead atoms. The number of nitrogens with two attached hydrogens (primary N) is 1. The first kappa shape index (κ1) is 13.1. The van der Waals surface area contributed by atoms with E-state index in [1.54, 1.807) is 6.07 Å². The van der Waals surface area contributed by atoms with Crippen LogP contribution in [0.4, 0.5) is 0 Å². The molecule has 3 aromatic carbocycles. The highest BCUT2D eigenvalue weighted by Gasteiger charge is 2.16. The smallest absolute Gasteiger partial charge is 0.213 e. The van der Waals surface area contributed by atoms with Crippen LogP contribution in [0.5, 0.6) is 0 Å². The van der Waals surface area contributed by atoms with Crippen molar-refractivity contribution in [1.82, 2.24) is 0 Å². The van der Waals surface area contributed by atoms with Crippen LogP contribution in [0.1, 0.15) is 15.9 Å². The van der Waals surface area contributed by atoms with Crippen LogP contribution in [-0.4, -0.2) is 11.5 Å². The van der Waals surface area contributed by atoms with Crippen LogP contribution >= 0.6 is 0 Å². The first-order valence-corrected chi connectivity index (χ1v) is 6.66.